The minimum Gasteiger partial charge on any atom is -0.399 e. The molecule has 1 rings (SSSR count). The molecule has 1 fully saturated rings. The Labute approximate surface area is 93.2 Å². The number of methoxy groups -OCH3 is 1. The largest absolute Gasteiger partial charge is 0.399 e. The van der Waals surface area contributed by atoms with Crippen LogP contribution in [0, 0.1) is 0 Å². The zero-order chi connectivity index (χ0) is 12.1. The fourth-order valence-corrected chi connectivity index (χ4v) is 1.62. The predicted molar refractivity (Wildman–Crippen MR) is 55.6 cm³/mol. The van der Waals surface area contributed by atoms with Crippen molar-refractivity contribution in [2.24, 2.45) is 10.9 Å². The van der Waals surface area contributed by atoms with Crippen LogP contribution < -0.4 is 5.73 Å². The number of primary amides is 1. The molecule has 1 heterocycles. The summed E-state index contributed by atoms with van der Waals surface area (Å²) in [7, 11) is 2.82. The second-order valence-electron chi connectivity index (χ2n) is 3.42. The van der Waals surface area contributed by atoms with Crippen LogP contribution in [0.3, 0.4) is 0 Å². The van der Waals surface area contributed by atoms with Gasteiger partial charge in [0.1, 0.15) is 19.8 Å². The highest BCUT2D eigenvalue weighted by atomic mass is 16.6. The number of carbonyl (C=O) groups excluding carboxylic acids is 2. The number of oxime groups is 1. The standard InChI is InChI=1S/C9H15N3O4/c1-15-5-8(13)12-4-6(11-16-2)3-7(12)9(10)14/h7H,3-5H2,1-2H3,(H2,10,14). The Hall–Kier alpha value is -1.63. The third-order valence-corrected chi connectivity index (χ3v) is 2.30. The van der Waals surface area contributed by atoms with Crippen molar-refractivity contribution in [3.05, 3.63) is 0 Å². The first-order valence-electron chi connectivity index (χ1n) is 4.76. The molecule has 0 aliphatic carbocycles. The number of ether oxygens (including phenoxy) is 1. The SMILES string of the molecule is COCC(=O)N1CC(=NOC)CC1C(N)=O. The van der Waals surface area contributed by atoms with Crippen molar-refractivity contribution in [1.82, 2.24) is 4.90 Å². The van der Waals surface area contributed by atoms with Gasteiger partial charge in [0.05, 0.1) is 12.3 Å². The lowest BCUT2D eigenvalue weighted by Crippen LogP contribution is -2.45. The van der Waals surface area contributed by atoms with E-state index in [4.69, 9.17) is 10.5 Å². The molecule has 1 saturated heterocycles. The first-order valence-corrected chi connectivity index (χ1v) is 4.76. The van der Waals surface area contributed by atoms with Crippen LogP contribution in [0.4, 0.5) is 0 Å². The number of rotatable bonds is 4. The molecule has 0 saturated carbocycles. The second kappa shape index (κ2) is 5.45. The normalized spacial score (nSPS) is 22.5. The average molecular weight is 229 g/mol. The number of nitrogens with zero attached hydrogens (tertiary/aromatic N) is 2. The highest BCUT2D eigenvalue weighted by Crippen LogP contribution is 2.15. The zero-order valence-electron chi connectivity index (χ0n) is 9.30. The summed E-state index contributed by atoms with van der Waals surface area (Å²) in [4.78, 5) is 28.7. The van der Waals surface area contributed by atoms with Crippen molar-refractivity contribution in [3.8, 4) is 0 Å². The third kappa shape index (κ3) is 2.69. The number of hydrogen-bond donors (Lipinski definition) is 1. The maximum absolute atomic E-state index is 11.6. The molecule has 1 aliphatic rings. The highest BCUT2D eigenvalue weighted by molar-refractivity contribution is 6.00. The van der Waals surface area contributed by atoms with Crippen LogP contribution in [0.2, 0.25) is 0 Å². The summed E-state index contributed by atoms with van der Waals surface area (Å²) in [5.41, 5.74) is 5.83. The van der Waals surface area contributed by atoms with E-state index in [9.17, 15) is 9.59 Å². The first-order chi connectivity index (χ1) is 7.60. The number of amides is 2. The lowest BCUT2D eigenvalue weighted by atomic mass is 10.2. The topological polar surface area (TPSA) is 94.2 Å². The number of hydrogen-bond acceptors (Lipinski definition) is 5. The molecule has 1 unspecified atom stereocenters. The maximum Gasteiger partial charge on any atom is 0.249 e. The Morgan fingerprint density at radius 3 is 2.75 bits per heavy atom. The van der Waals surface area contributed by atoms with Crippen LogP contribution in [-0.4, -0.2) is 55.8 Å². The van der Waals surface area contributed by atoms with Gasteiger partial charge in [-0.15, -0.1) is 0 Å². The fourth-order valence-electron chi connectivity index (χ4n) is 1.62. The van der Waals surface area contributed by atoms with Crippen molar-refractivity contribution in [3.63, 3.8) is 0 Å². The summed E-state index contributed by atoms with van der Waals surface area (Å²) in [6.45, 7) is 0.174. The van der Waals surface area contributed by atoms with Gasteiger partial charge in [-0.2, -0.15) is 0 Å². The molecule has 7 heteroatoms. The van der Waals surface area contributed by atoms with Gasteiger partial charge < -0.3 is 20.2 Å². The molecule has 16 heavy (non-hydrogen) atoms. The Morgan fingerprint density at radius 2 is 2.25 bits per heavy atom. The number of nitrogens with two attached hydrogens (primary N) is 1. The minimum atomic E-state index is -0.656. The van der Waals surface area contributed by atoms with Gasteiger partial charge in [-0.1, -0.05) is 5.16 Å². The van der Waals surface area contributed by atoms with E-state index in [0.717, 1.165) is 0 Å². The summed E-state index contributed by atoms with van der Waals surface area (Å²) in [5, 5.41) is 3.72. The average Bonchev–Trinajstić information content (AvgIpc) is 2.63. The van der Waals surface area contributed by atoms with E-state index in [1.165, 1.54) is 19.1 Å². The monoisotopic (exact) mass is 229 g/mol. The summed E-state index contributed by atoms with van der Waals surface area (Å²) in [6.07, 6.45) is 0.318. The number of carbonyl (C=O) groups is 2. The molecule has 1 atom stereocenters. The van der Waals surface area contributed by atoms with Crippen LogP contribution in [0.25, 0.3) is 0 Å². The lowest BCUT2D eigenvalue weighted by molar-refractivity contribution is -0.140. The molecule has 7 nitrogen and oxygen atoms in total. The zero-order valence-corrected chi connectivity index (χ0v) is 9.30. The maximum atomic E-state index is 11.6. The van der Waals surface area contributed by atoms with Gasteiger partial charge in [-0.25, -0.2) is 0 Å². The van der Waals surface area contributed by atoms with Crippen LogP contribution in [0.5, 0.6) is 0 Å². The van der Waals surface area contributed by atoms with E-state index in [1.807, 2.05) is 0 Å². The molecule has 0 aromatic rings. The molecule has 1 aliphatic heterocycles. The van der Waals surface area contributed by atoms with Crippen molar-refractivity contribution in [1.29, 1.82) is 0 Å². The molecule has 2 N–H and O–H groups in total. The molecule has 2 amide bonds. The fraction of sp³-hybridized carbons (Fsp3) is 0.667. The molecule has 0 spiro atoms. The van der Waals surface area contributed by atoms with Crippen molar-refractivity contribution >= 4 is 17.5 Å². The van der Waals surface area contributed by atoms with Gasteiger partial charge in [0.15, 0.2) is 0 Å². The molecule has 0 aromatic carbocycles. The summed E-state index contributed by atoms with van der Waals surface area (Å²) in [5.74, 6) is -0.835. The highest BCUT2D eigenvalue weighted by Gasteiger charge is 2.36. The van der Waals surface area contributed by atoms with Gasteiger partial charge in [0.25, 0.3) is 0 Å². The van der Waals surface area contributed by atoms with Gasteiger partial charge in [-0.3, -0.25) is 9.59 Å². The molecule has 0 bridgehead atoms. The molecular weight excluding hydrogens is 214 g/mol. The summed E-state index contributed by atoms with van der Waals surface area (Å²) < 4.78 is 4.72. The van der Waals surface area contributed by atoms with E-state index >= 15 is 0 Å². The Balaban J connectivity index is 2.77. The van der Waals surface area contributed by atoms with E-state index in [0.29, 0.717) is 12.1 Å². The molecule has 0 radical (unpaired) electrons. The summed E-state index contributed by atoms with van der Waals surface area (Å²) >= 11 is 0. The van der Waals surface area contributed by atoms with Crippen molar-refractivity contribution in [2.75, 3.05) is 27.4 Å². The molecular formula is C9H15N3O4. The van der Waals surface area contributed by atoms with Crippen LogP contribution in [0.15, 0.2) is 5.16 Å². The smallest absolute Gasteiger partial charge is 0.249 e. The summed E-state index contributed by atoms with van der Waals surface area (Å²) in [6, 6.07) is -0.656. The quantitative estimate of drug-likeness (QED) is 0.607. The van der Waals surface area contributed by atoms with Crippen LogP contribution in [0.1, 0.15) is 6.42 Å². The van der Waals surface area contributed by atoms with E-state index in [-0.39, 0.29) is 19.1 Å². The Morgan fingerprint density at radius 1 is 1.56 bits per heavy atom. The van der Waals surface area contributed by atoms with Gasteiger partial charge in [0, 0.05) is 13.5 Å². The molecule has 0 aromatic heterocycles. The third-order valence-electron chi connectivity index (χ3n) is 2.30. The van der Waals surface area contributed by atoms with Crippen molar-refractivity contribution in [2.45, 2.75) is 12.5 Å². The van der Waals surface area contributed by atoms with Gasteiger partial charge in [-0.05, 0) is 0 Å². The Kier molecular flexibility index (Phi) is 4.24. The van der Waals surface area contributed by atoms with E-state index in [1.54, 1.807) is 0 Å². The van der Waals surface area contributed by atoms with Crippen molar-refractivity contribution < 1.29 is 19.2 Å². The molecule has 90 valence electrons. The Bertz CT molecular complexity index is 316. The van der Waals surface area contributed by atoms with Crippen LogP contribution in [-0.2, 0) is 19.2 Å². The minimum absolute atomic E-state index is 0.0793. The van der Waals surface area contributed by atoms with Crippen LogP contribution >= 0.6 is 0 Å². The van der Waals surface area contributed by atoms with Gasteiger partial charge >= 0.3 is 0 Å². The first kappa shape index (κ1) is 12.4. The van der Waals surface area contributed by atoms with E-state index in [2.05, 4.69) is 9.99 Å². The number of likely N-dealkylation sites (tertiary alicyclic amines) is 1. The van der Waals surface area contributed by atoms with E-state index < -0.39 is 11.9 Å². The lowest BCUT2D eigenvalue weighted by Gasteiger charge is -2.20. The predicted octanol–water partition coefficient (Wildman–Crippen LogP) is -1.28. The second-order valence-corrected chi connectivity index (χ2v) is 3.42. The van der Waals surface area contributed by atoms with Gasteiger partial charge in [0.2, 0.25) is 11.8 Å².